The highest BCUT2D eigenvalue weighted by Crippen LogP contribution is 1.91. The average Bonchev–Trinajstić information content (AvgIpc) is 2.51. The van der Waals surface area contributed by atoms with Gasteiger partial charge in [-0.05, 0) is 13.8 Å². The number of hydrazone groups is 1. The molecule has 0 saturated heterocycles. The molecule has 1 aliphatic heterocycles. The molecular weight excluding hydrogens is 168 g/mol. The monoisotopic (exact) mass is 184 g/mol. The van der Waals surface area contributed by atoms with Gasteiger partial charge in [0.25, 0.3) is 0 Å². The van der Waals surface area contributed by atoms with Gasteiger partial charge in [0.15, 0.2) is 0 Å². The summed E-state index contributed by atoms with van der Waals surface area (Å²) in [6.07, 6.45) is 1.71. The molecule has 0 radical (unpaired) electrons. The van der Waals surface area contributed by atoms with E-state index in [-0.39, 0.29) is 6.10 Å². The molecule has 0 aliphatic carbocycles. The van der Waals surface area contributed by atoms with Crippen LogP contribution < -0.4 is 10.7 Å². The van der Waals surface area contributed by atoms with Crippen LogP contribution in [0.2, 0.25) is 0 Å². The summed E-state index contributed by atoms with van der Waals surface area (Å²) in [4.78, 5) is 4.18. The zero-order chi connectivity index (χ0) is 9.68. The maximum absolute atomic E-state index is 4.99. The van der Waals surface area contributed by atoms with Crippen LogP contribution in [0.25, 0.3) is 0 Å². The van der Waals surface area contributed by atoms with Crippen LogP contribution in [0.3, 0.4) is 0 Å². The Morgan fingerprint density at radius 3 is 3.15 bits per heavy atom. The van der Waals surface area contributed by atoms with Crippen LogP contribution in [0, 0.1) is 0 Å². The smallest absolute Gasteiger partial charge is 0.212 e. The molecule has 1 aliphatic rings. The number of rotatable bonds is 3. The third kappa shape index (κ3) is 3.42. The van der Waals surface area contributed by atoms with Crippen molar-refractivity contribution < 1.29 is 4.74 Å². The molecule has 0 aromatic carbocycles. The lowest BCUT2D eigenvalue weighted by atomic mass is 10.4. The first-order valence-corrected chi connectivity index (χ1v) is 4.35. The van der Waals surface area contributed by atoms with E-state index in [1.54, 1.807) is 13.3 Å². The van der Waals surface area contributed by atoms with E-state index in [9.17, 15) is 0 Å². The van der Waals surface area contributed by atoms with Crippen molar-refractivity contribution in [2.75, 3.05) is 13.7 Å². The van der Waals surface area contributed by atoms with Crippen molar-refractivity contribution in [3.63, 3.8) is 0 Å². The molecule has 74 valence electrons. The first kappa shape index (κ1) is 9.98. The molecule has 0 spiro atoms. The first-order chi connectivity index (χ1) is 6.22. The maximum Gasteiger partial charge on any atom is 0.212 e. The van der Waals surface area contributed by atoms with Crippen molar-refractivity contribution in [2.45, 2.75) is 26.0 Å². The molecule has 2 unspecified atom stereocenters. The van der Waals surface area contributed by atoms with E-state index >= 15 is 0 Å². The van der Waals surface area contributed by atoms with Crippen LogP contribution in [0.4, 0.5) is 0 Å². The minimum atomic E-state index is 0.0203. The number of hydrogen-bond acceptors (Lipinski definition) is 5. The summed E-state index contributed by atoms with van der Waals surface area (Å²) in [6, 6.07) is 0.401. The molecule has 2 atom stereocenters. The molecule has 5 nitrogen and oxygen atoms in total. The normalized spacial score (nSPS) is 24.2. The van der Waals surface area contributed by atoms with E-state index in [2.05, 4.69) is 27.8 Å². The molecule has 2 N–H and O–H groups in total. The number of hydrogen-bond donors (Lipinski definition) is 2. The second-order valence-corrected chi connectivity index (χ2v) is 3.07. The molecule has 5 heteroatoms. The molecule has 0 aromatic rings. The molecule has 0 fully saturated rings. The Labute approximate surface area is 78.3 Å². The van der Waals surface area contributed by atoms with E-state index in [1.165, 1.54) is 0 Å². The van der Waals surface area contributed by atoms with Gasteiger partial charge < -0.3 is 10.1 Å². The van der Waals surface area contributed by atoms with E-state index in [0.717, 1.165) is 12.5 Å². The summed E-state index contributed by atoms with van der Waals surface area (Å²) in [5, 5.41) is 7.10. The van der Waals surface area contributed by atoms with Gasteiger partial charge in [-0.2, -0.15) is 5.10 Å². The SMILES string of the molecule is COC(C)/C=N/NC1=NCC(C)N1. The Bertz CT molecular complexity index is 214. The fourth-order valence-corrected chi connectivity index (χ4v) is 0.885. The van der Waals surface area contributed by atoms with Crippen LogP contribution in [0.15, 0.2) is 10.1 Å². The Morgan fingerprint density at radius 2 is 2.62 bits per heavy atom. The van der Waals surface area contributed by atoms with Crippen molar-refractivity contribution in [1.82, 2.24) is 10.7 Å². The largest absolute Gasteiger partial charge is 0.376 e. The lowest BCUT2D eigenvalue weighted by Crippen LogP contribution is -2.35. The summed E-state index contributed by atoms with van der Waals surface area (Å²) in [5.74, 6) is 0.729. The number of ether oxygens (including phenoxy) is 1. The van der Waals surface area contributed by atoms with Crippen molar-refractivity contribution in [3.8, 4) is 0 Å². The molecular formula is C8H16N4O. The van der Waals surface area contributed by atoms with Crippen molar-refractivity contribution in [2.24, 2.45) is 10.1 Å². The fraction of sp³-hybridized carbons (Fsp3) is 0.750. The summed E-state index contributed by atoms with van der Waals surface area (Å²) < 4.78 is 4.99. The van der Waals surface area contributed by atoms with Crippen LogP contribution in [0.5, 0.6) is 0 Å². The zero-order valence-electron chi connectivity index (χ0n) is 8.24. The Kier molecular flexibility index (Phi) is 3.70. The van der Waals surface area contributed by atoms with Crippen LogP contribution in [-0.2, 0) is 4.74 Å². The highest BCUT2D eigenvalue weighted by Gasteiger charge is 2.10. The third-order valence-electron chi connectivity index (χ3n) is 1.73. The Balaban J connectivity index is 2.23. The number of nitrogens with one attached hydrogen (secondary N) is 2. The van der Waals surface area contributed by atoms with E-state index in [4.69, 9.17) is 4.74 Å². The molecule has 0 amide bonds. The van der Waals surface area contributed by atoms with Crippen LogP contribution in [0.1, 0.15) is 13.8 Å². The zero-order valence-corrected chi connectivity index (χ0v) is 8.24. The van der Waals surface area contributed by atoms with Crippen molar-refractivity contribution >= 4 is 12.2 Å². The average molecular weight is 184 g/mol. The topological polar surface area (TPSA) is 58.0 Å². The second-order valence-electron chi connectivity index (χ2n) is 3.07. The molecule has 13 heavy (non-hydrogen) atoms. The highest BCUT2D eigenvalue weighted by molar-refractivity contribution is 5.82. The predicted octanol–water partition coefficient (Wildman–Crippen LogP) is -0.0556. The quantitative estimate of drug-likeness (QED) is 0.477. The maximum atomic E-state index is 4.99. The van der Waals surface area contributed by atoms with Gasteiger partial charge in [-0.15, -0.1) is 0 Å². The van der Waals surface area contributed by atoms with Gasteiger partial charge >= 0.3 is 0 Å². The van der Waals surface area contributed by atoms with Gasteiger partial charge in [0.2, 0.25) is 5.96 Å². The molecule has 1 heterocycles. The highest BCUT2D eigenvalue weighted by atomic mass is 16.5. The minimum Gasteiger partial charge on any atom is -0.376 e. The summed E-state index contributed by atoms with van der Waals surface area (Å²) in [5.41, 5.74) is 2.81. The van der Waals surface area contributed by atoms with Gasteiger partial charge in [-0.3, -0.25) is 0 Å². The van der Waals surface area contributed by atoms with Crippen molar-refractivity contribution in [3.05, 3.63) is 0 Å². The van der Waals surface area contributed by atoms with Crippen molar-refractivity contribution in [1.29, 1.82) is 0 Å². The predicted molar refractivity (Wildman–Crippen MR) is 53.0 cm³/mol. The van der Waals surface area contributed by atoms with Gasteiger partial charge in [-0.25, -0.2) is 10.4 Å². The number of guanidine groups is 1. The van der Waals surface area contributed by atoms with Crippen LogP contribution >= 0.6 is 0 Å². The van der Waals surface area contributed by atoms with E-state index < -0.39 is 0 Å². The fourth-order valence-electron chi connectivity index (χ4n) is 0.885. The summed E-state index contributed by atoms with van der Waals surface area (Å²) >= 11 is 0. The number of aliphatic imine (C=N–C) groups is 1. The van der Waals surface area contributed by atoms with Gasteiger partial charge in [0.1, 0.15) is 0 Å². The van der Waals surface area contributed by atoms with E-state index in [0.29, 0.717) is 6.04 Å². The minimum absolute atomic E-state index is 0.0203. The molecule has 0 aromatic heterocycles. The number of nitrogens with zero attached hydrogens (tertiary/aromatic N) is 2. The summed E-state index contributed by atoms with van der Waals surface area (Å²) in [6.45, 7) is 4.79. The van der Waals surface area contributed by atoms with Crippen LogP contribution in [-0.4, -0.2) is 38.0 Å². The Morgan fingerprint density at radius 1 is 1.85 bits per heavy atom. The van der Waals surface area contributed by atoms with Gasteiger partial charge in [0, 0.05) is 13.2 Å². The number of methoxy groups -OCH3 is 1. The standard InChI is InChI=1S/C8H16N4O/c1-6-4-9-8(11-6)12-10-5-7(2)13-3/h5-7H,4H2,1-3H3,(H2,9,11,12)/b10-5+. The lowest BCUT2D eigenvalue weighted by Gasteiger charge is -2.05. The summed E-state index contributed by atoms with van der Waals surface area (Å²) in [7, 11) is 1.64. The molecule has 1 rings (SSSR count). The molecule has 0 bridgehead atoms. The van der Waals surface area contributed by atoms with Gasteiger partial charge in [0.05, 0.1) is 18.9 Å². The lowest BCUT2D eigenvalue weighted by molar-refractivity contribution is 0.174. The second kappa shape index (κ2) is 4.81. The Hall–Kier alpha value is -1.10. The third-order valence-corrected chi connectivity index (χ3v) is 1.73. The van der Waals surface area contributed by atoms with E-state index in [1.807, 2.05) is 6.92 Å². The van der Waals surface area contributed by atoms with Gasteiger partial charge in [-0.1, -0.05) is 0 Å². The first-order valence-electron chi connectivity index (χ1n) is 4.35. The molecule has 0 saturated carbocycles.